The van der Waals surface area contributed by atoms with Gasteiger partial charge in [0.15, 0.2) is 0 Å². The van der Waals surface area contributed by atoms with Gasteiger partial charge in [-0.2, -0.15) is 0 Å². The molecule has 2 aliphatic rings. The summed E-state index contributed by atoms with van der Waals surface area (Å²) in [4.78, 5) is 40.8. The van der Waals surface area contributed by atoms with Crippen LogP contribution in [0.4, 0.5) is 4.79 Å². The Morgan fingerprint density at radius 2 is 1.68 bits per heavy atom. The van der Waals surface area contributed by atoms with Gasteiger partial charge in [0.1, 0.15) is 5.75 Å². The molecule has 9 heteroatoms. The number of likely N-dealkylation sites (tertiary alicyclic amines) is 2. The highest BCUT2D eigenvalue weighted by Crippen LogP contribution is 2.23. The third-order valence-electron chi connectivity index (χ3n) is 5.22. The highest BCUT2D eigenvalue weighted by molar-refractivity contribution is 6.30. The van der Waals surface area contributed by atoms with Crippen molar-refractivity contribution in [1.82, 2.24) is 20.7 Å². The van der Waals surface area contributed by atoms with Gasteiger partial charge in [0.05, 0.1) is 12.7 Å². The smallest absolute Gasteiger partial charge is 0.319 e. The summed E-state index contributed by atoms with van der Waals surface area (Å²) in [6.45, 7) is 2.73. The number of carbonyl (C=O) groups is 3. The molecule has 0 unspecified atom stereocenters. The zero-order valence-electron chi connectivity index (χ0n) is 15.9. The molecule has 0 aliphatic carbocycles. The Bertz CT molecular complexity index is 743. The van der Waals surface area contributed by atoms with Gasteiger partial charge in [0.25, 0.3) is 5.91 Å². The van der Waals surface area contributed by atoms with E-state index < -0.39 is 5.91 Å². The van der Waals surface area contributed by atoms with Crippen molar-refractivity contribution in [3.05, 3.63) is 28.8 Å². The number of carbonyl (C=O) groups excluding carboxylic acids is 3. The van der Waals surface area contributed by atoms with Crippen molar-refractivity contribution < 1.29 is 19.1 Å². The zero-order valence-corrected chi connectivity index (χ0v) is 16.6. The Morgan fingerprint density at radius 1 is 1.04 bits per heavy atom. The highest BCUT2D eigenvalue weighted by atomic mass is 35.5. The molecule has 2 N–H and O–H groups in total. The molecule has 3 rings (SSSR count). The second kappa shape index (κ2) is 9.14. The van der Waals surface area contributed by atoms with Crippen LogP contribution in [0.3, 0.4) is 0 Å². The standard InChI is InChI=1S/C19H25ClN4O4/c1-28-16-12-14(20)4-5-15(16)18(26)22-21-17(25)13-6-10-24(11-7-13)19(27)23-8-2-3-9-23/h4-5,12-13H,2-3,6-11H2,1H3,(H,21,25)(H,22,26). The first-order valence-corrected chi connectivity index (χ1v) is 9.85. The van der Waals surface area contributed by atoms with Crippen molar-refractivity contribution in [1.29, 1.82) is 0 Å². The molecule has 0 bridgehead atoms. The summed E-state index contributed by atoms with van der Waals surface area (Å²) in [5.74, 6) is -0.652. The van der Waals surface area contributed by atoms with Gasteiger partial charge in [0, 0.05) is 37.1 Å². The van der Waals surface area contributed by atoms with Crippen molar-refractivity contribution >= 4 is 29.4 Å². The lowest BCUT2D eigenvalue weighted by Gasteiger charge is -2.34. The Balaban J connectivity index is 1.47. The zero-order chi connectivity index (χ0) is 20.1. The number of hydrogen-bond donors (Lipinski definition) is 2. The molecule has 2 fully saturated rings. The van der Waals surface area contributed by atoms with E-state index >= 15 is 0 Å². The molecule has 1 aromatic carbocycles. The summed E-state index contributed by atoms with van der Waals surface area (Å²) in [5, 5.41) is 0.452. The van der Waals surface area contributed by atoms with Crippen molar-refractivity contribution in [3.63, 3.8) is 0 Å². The van der Waals surface area contributed by atoms with E-state index in [0.717, 1.165) is 25.9 Å². The molecule has 8 nitrogen and oxygen atoms in total. The molecule has 2 saturated heterocycles. The lowest BCUT2D eigenvalue weighted by Crippen LogP contribution is -2.50. The van der Waals surface area contributed by atoms with E-state index in [9.17, 15) is 14.4 Å². The number of methoxy groups -OCH3 is 1. The van der Waals surface area contributed by atoms with Crippen LogP contribution in [-0.4, -0.2) is 60.9 Å². The van der Waals surface area contributed by atoms with Crippen LogP contribution in [0.1, 0.15) is 36.0 Å². The number of urea groups is 1. The molecular weight excluding hydrogens is 384 g/mol. The third-order valence-corrected chi connectivity index (χ3v) is 5.46. The van der Waals surface area contributed by atoms with Crippen LogP contribution in [0.15, 0.2) is 18.2 Å². The average Bonchev–Trinajstić information content (AvgIpc) is 3.26. The SMILES string of the molecule is COc1cc(Cl)ccc1C(=O)NNC(=O)C1CCN(C(=O)N2CCCC2)CC1. The topological polar surface area (TPSA) is 91.0 Å². The maximum Gasteiger partial charge on any atom is 0.319 e. The van der Waals surface area contributed by atoms with Gasteiger partial charge in [-0.25, -0.2) is 4.79 Å². The fraction of sp³-hybridized carbons (Fsp3) is 0.526. The number of amides is 4. The Hall–Kier alpha value is -2.48. The van der Waals surface area contributed by atoms with E-state index in [0.29, 0.717) is 36.7 Å². The summed E-state index contributed by atoms with van der Waals surface area (Å²) >= 11 is 5.89. The first kappa shape index (κ1) is 20.3. The quantitative estimate of drug-likeness (QED) is 0.749. The molecule has 0 atom stereocenters. The van der Waals surface area contributed by atoms with Crippen LogP contribution in [-0.2, 0) is 4.79 Å². The van der Waals surface area contributed by atoms with Gasteiger partial charge in [-0.15, -0.1) is 0 Å². The van der Waals surface area contributed by atoms with Gasteiger partial charge < -0.3 is 14.5 Å². The van der Waals surface area contributed by atoms with E-state index in [-0.39, 0.29) is 23.4 Å². The Labute approximate surface area is 169 Å². The number of halogens is 1. The molecule has 0 saturated carbocycles. The van der Waals surface area contributed by atoms with E-state index in [4.69, 9.17) is 16.3 Å². The van der Waals surface area contributed by atoms with E-state index in [2.05, 4.69) is 10.9 Å². The molecule has 2 aliphatic heterocycles. The van der Waals surface area contributed by atoms with Crippen molar-refractivity contribution in [2.24, 2.45) is 5.92 Å². The monoisotopic (exact) mass is 408 g/mol. The van der Waals surface area contributed by atoms with Crippen LogP contribution < -0.4 is 15.6 Å². The van der Waals surface area contributed by atoms with Crippen LogP contribution in [0.25, 0.3) is 0 Å². The minimum atomic E-state index is -0.483. The van der Waals surface area contributed by atoms with Crippen molar-refractivity contribution in [2.75, 3.05) is 33.3 Å². The first-order valence-electron chi connectivity index (χ1n) is 9.47. The van der Waals surface area contributed by atoms with Crippen LogP contribution in [0.2, 0.25) is 5.02 Å². The second-order valence-electron chi connectivity index (χ2n) is 7.03. The Kier molecular flexibility index (Phi) is 6.61. The normalized spacial score (nSPS) is 17.4. The average molecular weight is 409 g/mol. The fourth-order valence-corrected chi connectivity index (χ4v) is 3.74. The predicted octanol–water partition coefficient (Wildman–Crippen LogP) is 2.04. The summed E-state index contributed by atoms with van der Waals surface area (Å²) < 4.78 is 5.15. The minimum Gasteiger partial charge on any atom is -0.496 e. The maximum atomic E-state index is 12.4. The summed E-state index contributed by atoms with van der Waals surface area (Å²) in [6.07, 6.45) is 3.27. The van der Waals surface area contributed by atoms with Gasteiger partial charge in [-0.05, 0) is 43.9 Å². The molecule has 0 radical (unpaired) electrons. The molecule has 2 heterocycles. The number of piperidine rings is 1. The lowest BCUT2D eigenvalue weighted by molar-refractivity contribution is -0.127. The van der Waals surface area contributed by atoms with Crippen LogP contribution in [0.5, 0.6) is 5.75 Å². The van der Waals surface area contributed by atoms with E-state index in [1.807, 2.05) is 9.80 Å². The Morgan fingerprint density at radius 3 is 2.32 bits per heavy atom. The van der Waals surface area contributed by atoms with Crippen LogP contribution in [0, 0.1) is 5.92 Å². The number of rotatable bonds is 3. The van der Waals surface area contributed by atoms with E-state index in [1.165, 1.54) is 19.2 Å². The van der Waals surface area contributed by atoms with Crippen molar-refractivity contribution in [3.8, 4) is 5.75 Å². The second-order valence-corrected chi connectivity index (χ2v) is 7.46. The van der Waals surface area contributed by atoms with Gasteiger partial charge in [0.2, 0.25) is 5.91 Å². The molecule has 0 spiro atoms. The first-order chi connectivity index (χ1) is 13.5. The molecular formula is C19H25ClN4O4. The van der Waals surface area contributed by atoms with Gasteiger partial charge in [-0.1, -0.05) is 11.6 Å². The van der Waals surface area contributed by atoms with Gasteiger partial charge >= 0.3 is 6.03 Å². The number of nitrogens with zero attached hydrogens (tertiary/aromatic N) is 2. The maximum absolute atomic E-state index is 12.4. The molecule has 1 aromatic rings. The number of ether oxygens (including phenoxy) is 1. The van der Waals surface area contributed by atoms with E-state index in [1.54, 1.807) is 6.07 Å². The number of hydrogen-bond acceptors (Lipinski definition) is 4. The molecule has 28 heavy (non-hydrogen) atoms. The van der Waals surface area contributed by atoms with Crippen molar-refractivity contribution in [2.45, 2.75) is 25.7 Å². The molecule has 0 aromatic heterocycles. The number of hydrazine groups is 1. The largest absolute Gasteiger partial charge is 0.496 e. The highest BCUT2D eigenvalue weighted by Gasteiger charge is 2.30. The predicted molar refractivity (Wildman–Crippen MR) is 104 cm³/mol. The lowest BCUT2D eigenvalue weighted by atomic mass is 9.96. The third kappa shape index (κ3) is 4.67. The van der Waals surface area contributed by atoms with Crippen LogP contribution >= 0.6 is 11.6 Å². The summed E-state index contributed by atoms with van der Waals surface area (Å²) in [7, 11) is 1.44. The number of nitrogens with one attached hydrogen (secondary N) is 2. The number of benzene rings is 1. The minimum absolute atomic E-state index is 0.0690. The summed E-state index contributed by atoms with van der Waals surface area (Å²) in [5.41, 5.74) is 5.17. The molecule has 4 amide bonds. The van der Waals surface area contributed by atoms with Gasteiger partial charge in [-0.3, -0.25) is 20.4 Å². The summed E-state index contributed by atoms with van der Waals surface area (Å²) in [6, 6.07) is 4.71. The molecule has 152 valence electrons. The fourth-order valence-electron chi connectivity index (χ4n) is 3.58.